The summed E-state index contributed by atoms with van der Waals surface area (Å²) in [6.07, 6.45) is 4.34. The second-order valence-corrected chi connectivity index (χ2v) is 2.71. The molecule has 2 heteroatoms. The molecule has 0 aromatic heterocycles. The second-order valence-electron chi connectivity index (χ2n) is 2.71. The number of hydrogen-bond donors (Lipinski definition) is 1. The minimum absolute atomic E-state index is 0.473. The van der Waals surface area contributed by atoms with Crippen LogP contribution in [0.15, 0.2) is 30.3 Å². The van der Waals surface area contributed by atoms with Crippen LogP contribution in [-0.2, 0) is 6.42 Å². The van der Waals surface area contributed by atoms with Crippen LogP contribution < -0.4 is 5.73 Å². The summed E-state index contributed by atoms with van der Waals surface area (Å²) in [6, 6.07) is 9.99. The third-order valence-electron chi connectivity index (χ3n) is 1.71. The Morgan fingerprint density at radius 1 is 1.31 bits per heavy atom. The van der Waals surface area contributed by atoms with Gasteiger partial charge in [-0.2, -0.15) is 5.26 Å². The largest absolute Gasteiger partial charge is 0.327 e. The molecule has 66 valence electrons. The smallest absolute Gasteiger partial charge is 0.0669 e. The van der Waals surface area contributed by atoms with E-state index in [9.17, 15) is 0 Å². The third-order valence-corrected chi connectivity index (χ3v) is 1.71. The van der Waals surface area contributed by atoms with Gasteiger partial charge in [-0.15, -0.1) is 0 Å². The van der Waals surface area contributed by atoms with Gasteiger partial charge in [0.2, 0.25) is 0 Å². The second kappa shape index (κ2) is 5.13. The predicted octanol–water partition coefficient (Wildman–Crippen LogP) is 1.72. The van der Waals surface area contributed by atoms with Crippen molar-refractivity contribution < 1.29 is 0 Å². The van der Waals surface area contributed by atoms with Gasteiger partial charge in [0.25, 0.3) is 0 Å². The summed E-state index contributed by atoms with van der Waals surface area (Å²) < 4.78 is 0. The molecule has 0 radical (unpaired) electrons. The van der Waals surface area contributed by atoms with Gasteiger partial charge >= 0.3 is 0 Å². The van der Waals surface area contributed by atoms with Gasteiger partial charge in [0.05, 0.1) is 12.5 Å². The van der Waals surface area contributed by atoms with E-state index in [0.29, 0.717) is 13.0 Å². The van der Waals surface area contributed by atoms with Crippen molar-refractivity contribution in [3.05, 3.63) is 41.5 Å². The monoisotopic (exact) mass is 172 g/mol. The van der Waals surface area contributed by atoms with Crippen LogP contribution in [0.5, 0.6) is 0 Å². The fourth-order valence-electron chi connectivity index (χ4n) is 1.04. The zero-order valence-electron chi connectivity index (χ0n) is 7.40. The molecule has 2 N–H and O–H groups in total. The number of benzene rings is 1. The van der Waals surface area contributed by atoms with Crippen LogP contribution in [0.4, 0.5) is 0 Å². The Labute approximate surface area is 78.3 Å². The lowest BCUT2D eigenvalue weighted by atomic mass is 10.1. The van der Waals surface area contributed by atoms with Crippen molar-refractivity contribution in [1.82, 2.24) is 0 Å². The lowest BCUT2D eigenvalue weighted by molar-refractivity contribution is 1.25. The van der Waals surface area contributed by atoms with Crippen molar-refractivity contribution in [1.29, 1.82) is 5.26 Å². The van der Waals surface area contributed by atoms with Crippen LogP contribution in [0.1, 0.15) is 11.1 Å². The van der Waals surface area contributed by atoms with Gasteiger partial charge in [-0.25, -0.2) is 0 Å². The van der Waals surface area contributed by atoms with Gasteiger partial charge in [-0.05, 0) is 11.1 Å². The van der Waals surface area contributed by atoms with E-state index in [-0.39, 0.29) is 0 Å². The molecule has 1 aromatic rings. The van der Waals surface area contributed by atoms with Gasteiger partial charge < -0.3 is 5.73 Å². The Balaban J connectivity index is 2.70. The van der Waals surface area contributed by atoms with Crippen LogP contribution in [0.2, 0.25) is 0 Å². The molecule has 0 fully saturated rings. The number of nitriles is 1. The average molecular weight is 172 g/mol. The highest BCUT2D eigenvalue weighted by Crippen LogP contribution is 2.06. The molecule has 0 aliphatic carbocycles. The van der Waals surface area contributed by atoms with E-state index in [1.54, 1.807) is 0 Å². The predicted molar refractivity (Wildman–Crippen MR) is 53.8 cm³/mol. The molecule has 0 bridgehead atoms. The molecule has 0 amide bonds. The summed E-state index contributed by atoms with van der Waals surface area (Å²) in [4.78, 5) is 0. The highest BCUT2D eigenvalue weighted by molar-refractivity contribution is 5.49. The number of nitrogens with two attached hydrogens (primary N) is 1. The first-order chi connectivity index (χ1) is 6.36. The standard InChI is InChI=1S/C11H12N2/c12-8-1-2-10-3-5-11(6-4-10)7-9-13/h1-6H,7-8,12H2. The molecule has 0 aliphatic heterocycles. The topological polar surface area (TPSA) is 49.8 Å². The third kappa shape index (κ3) is 3.10. The quantitative estimate of drug-likeness (QED) is 0.754. The van der Waals surface area contributed by atoms with E-state index in [1.807, 2.05) is 36.4 Å². The summed E-state index contributed by atoms with van der Waals surface area (Å²) in [5.74, 6) is 0. The molecular formula is C11H12N2. The lowest BCUT2D eigenvalue weighted by Gasteiger charge is -1.95. The molecule has 0 saturated carbocycles. The SMILES string of the molecule is N#CCc1ccc(C=CCN)cc1. The number of nitrogens with zero attached hydrogens (tertiary/aromatic N) is 1. The van der Waals surface area contributed by atoms with Gasteiger partial charge in [-0.3, -0.25) is 0 Å². The van der Waals surface area contributed by atoms with Crippen molar-refractivity contribution in [2.45, 2.75) is 6.42 Å². The van der Waals surface area contributed by atoms with Gasteiger partial charge in [0.1, 0.15) is 0 Å². The maximum absolute atomic E-state index is 8.45. The number of rotatable bonds is 3. The zero-order chi connectivity index (χ0) is 9.52. The Morgan fingerprint density at radius 3 is 2.54 bits per heavy atom. The Hall–Kier alpha value is -1.59. The van der Waals surface area contributed by atoms with E-state index in [1.165, 1.54) is 0 Å². The molecule has 0 aliphatic rings. The molecular weight excluding hydrogens is 160 g/mol. The van der Waals surface area contributed by atoms with Crippen molar-refractivity contribution >= 4 is 6.08 Å². The van der Waals surface area contributed by atoms with Crippen molar-refractivity contribution in [3.63, 3.8) is 0 Å². The van der Waals surface area contributed by atoms with E-state index < -0.39 is 0 Å². The van der Waals surface area contributed by atoms with Crippen LogP contribution in [-0.4, -0.2) is 6.54 Å². The average Bonchev–Trinajstić information content (AvgIpc) is 2.17. The van der Waals surface area contributed by atoms with Gasteiger partial charge in [0, 0.05) is 6.54 Å². The highest BCUT2D eigenvalue weighted by Gasteiger charge is 1.90. The van der Waals surface area contributed by atoms with Crippen LogP contribution in [0.3, 0.4) is 0 Å². The first kappa shape index (κ1) is 9.50. The molecule has 0 heterocycles. The van der Waals surface area contributed by atoms with E-state index in [4.69, 9.17) is 11.0 Å². The highest BCUT2D eigenvalue weighted by atomic mass is 14.5. The molecule has 0 saturated heterocycles. The Morgan fingerprint density at radius 2 is 2.00 bits per heavy atom. The lowest BCUT2D eigenvalue weighted by Crippen LogP contribution is -1.91. The van der Waals surface area contributed by atoms with Gasteiger partial charge in [-0.1, -0.05) is 36.4 Å². The fourth-order valence-corrected chi connectivity index (χ4v) is 1.04. The van der Waals surface area contributed by atoms with E-state index in [0.717, 1.165) is 11.1 Å². The fraction of sp³-hybridized carbons (Fsp3) is 0.182. The molecule has 2 nitrogen and oxygen atoms in total. The Bertz CT molecular complexity index is 317. The number of hydrogen-bond acceptors (Lipinski definition) is 2. The maximum atomic E-state index is 8.45. The van der Waals surface area contributed by atoms with Crippen molar-refractivity contribution in [2.75, 3.05) is 6.54 Å². The molecule has 1 aromatic carbocycles. The minimum Gasteiger partial charge on any atom is -0.327 e. The summed E-state index contributed by atoms with van der Waals surface area (Å²) in [5, 5.41) is 8.45. The van der Waals surface area contributed by atoms with E-state index in [2.05, 4.69) is 6.07 Å². The molecule has 0 spiro atoms. The summed E-state index contributed by atoms with van der Waals surface area (Å²) >= 11 is 0. The van der Waals surface area contributed by atoms with Gasteiger partial charge in [0.15, 0.2) is 0 Å². The normalized spacial score (nSPS) is 10.2. The maximum Gasteiger partial charge on any atom is 0.0669 e. The van der Waals surface area contributed by atoms with Crippen molar-refractivity contribution in [2.24, 2.45) is 5.73 Å². The molecule has 0 atom stereocenters. The van der Waals surface area contributed by atoms with E-state index >= 15 is 0 Å². The zero-order valence-corrected chi connectivity index (χ0v) is 7.40. The first-order valence-electron chi connectivity index (χ1n) is 4.19. The molecule has 13 heavy (non-hydrogen) atoms. The van der Waals surface area contributed by atoms with Crippen molar-refractivity contribution in [3.8, 4) is 6.07 Å². The molecule has 1 rings (SSSR count). The van der Waals surface area contributed by atoms with Crippen LogP contribution >= 0.6 is 0 Å². The first-order valence-corrected chi connectivity index (χ1v) is 4.19. The van der Waals surface area contributed by atoms with Crippen LogP contribution in [0, 0.1) is 11.3 Å². The van der Waals surface area contributed by atoms with Crippen LogP contribution in [0.25, 0.3) is 6.08 Å². The summed E-state index contributed by atoms with van der Waals surface area (Å²) in [7, 11) is 0. The molecule has 0 unspecified atom stereocenters. The minimum atomic E-state index is 0.473. The summed E-state index contributed by atoms with van der Waals surface area (Å²) in [5.41, 5.74) is 7.49. The Kier molecular flexibility index (Phi) is 3.74. The summed E-state index contributed by atoms with van der Waals surface area (Å²) in [6.45, 7) is 0.556.